The van der Waals surface area contributed by atoms with E-state index in [1.165, 1.54) is 11.3 Å². The summed E-state index contributed by atoms with van der Waals surface area (Å²) in [4.78, 5) is 15.1. The van der Waals surface area contributed by atoms with E-state index in [4.69, 9.17) is 9.84 Å². The van der Waals surface area contributed by atoms with Crippen LogP contribution in [0.1, 0.15) is 54.9 Å². The predicted molar refractivity (Wildman–Crippen MR) is 111 cm³/mol. The Bertz CT molecular complexity index is 613. The van der Waals surface area contributed by atoms with Gasteiger partial charge in [0.15, 0.2) is 5.69 Å². The largest absolute Gasteiger partial charge is 0.382 e. The lowest BCUT2D eigenvalue weighted by molar-refractivity contribution is 0.0764. The summed E-state index contributed by atoms with van der Waals surface area (Å²) in [5.74, 6) is 2.21. The summed E-state index contributed by atoms with van der Waals surface area (Å²) in [6, 6.07) is 0.432. The van der Waals surface area contributed by atoms with E-state index in [-0.39, 0.29) is 5.91 Å². The number of aryl methyl sites for hydroxylation is 1. The fraction of sp³-hybridized carbons (Fsp3) is 0.800. The molecule has 1 unspecified atom stereocenters. The Morgan fingerprint density at radius 3 is 2.89 bits per heavy atom. The first-order valence-corrected chi connectivity index (χ1v) is 11.7. The van der Waals surface area contributed by atoms with Crippen LogP contribution in [0.3, 0.4) is 0 Å². The second-order valence-corrected chi connectivity index (χ2v) is 8.57. The minimum absolute atomic E-state index is 0.137. The molecular weight excluding hydrogens is 360 g/mol. The monoisotopic (exact) mass is 394 g/mol. The molecule has 7 heteroatoms. The molecule has 152 valence electrons. The summed E-state index contributed by atoms with van der Waals surface area (Å²) < 4.78 is 7.53. The van der Waals surface area contributed by atoms with Crippen LogP contribution in [0.5, 0.6) is 0 Å². The molecule has 2 aliphatic rings. The van der Waals surface area contributed by atoms with Gasteiger partial charge in [-0.05, 0) is 45.6 Å². The zero-order valence-corrected chi connectivity index (χ0v) is 17.7. The fourth-order valence-corrected chi connectivity index (χ4v) is 4.87. The lowest BCUT2D eigenvalue weighted by atomic mass is 9.91. The van der Waals surface area contributed by atoms with Crippen molar-refractivity contribution in [2.24, 2.45) is 0 Å². The zero-order chi connectivity index (χ0) is 19.1. The van der Waals surface area contributed by atoms with Gasteiger partial charge >= 0.3 is 0 Å². The molecule has 1 aliphatic carbocycles. The number of aromatic nitrogens is 2. The van der Waals surface area contributed by atoms with Crippen molar-refractivity contribution in [2.75, 3.05) is 44.4 Å². The van der Waals surface area contributed by atoms with E-state index in [1.807, 2.05) is 23.6 Å². The highest BCUT2D eigenvalue weighted by atomic mass is 32.2. The Hall–Kier alpha value is -1.05. The molecule has 0 bridgehead atoms. The number of amides is 1. The molecule has 0 spiro atoms. The van der Waals surface area contributed by atoms with Gasteiger partial charge < -0.3 is 15.0 Å². The smallest absolute Gasteiger partial charge is 0.274 e. The quantitative estimate of drug-likeness (QED) is 0.652. The lowest BCUT2D eigenvalue weighted by Crippen LogP contribution is -2.39. The summed E-state index contributed by atoms with van der Waals surface area (Å²) in [5, 5.41) is 8.45. The summed E-state index contributed by atoms with van der Waals surface area (Å²) in [5.41, 5.74) is 3.20. The van der Waals surface area contributed by atoms with Gasteiger partial charge in [0.2, 0.25) is 0 Å². The zero-order valence-electron chi connectivity index (χ0n) is 16.8. The van der Waals surface area contributed by atoms with Crippen LogP contribution in [0.2, 0.25) is 0 Å². The van der Waals surface area contributed by atoms with Gasteiger partial charge in [0.25, 0.3) is 5.91 Å². The number of carbonyl (C=O) groups is 1. The Labute approximate surface area is 167 Å². The summed E-state index contributed by atoms with van der Waals surface area (Å²) in [6.45, 7) is 9.35. The molecule has 1 aromatic rings. The molecule has 0 saturated carbocycles. The third-order valence-electron chi connectivity index (χ3n) is 5.39. The second kappa shape index (κ2) is 10.5. The van der Waals surface area contributed by atoms with E-state index in [1.54, 1.807) is 0 Å². The molecule has 1 fully saturated rings. The molecule has 0 aromatic carbocycles. The second-order valence-electron chi connectivity index (χ2n) is 7.35. The molecular formula is C20H34N4O2S. The number of fused-ring (bicyclic) bond motifs is 1. The number of nitrogens with zero attached hydrogens (tertiary/aromatic N) is 3. The number of hydrogen-bond donors (Lipinski definition) is 1. The van der Waals surface area contributed by atoms with Crippen LogP contribution >= 0.6 is 11.8 Å². The summed E-state index contributed by atoms with van der Waals surface area (Å²) in [6.07, 6.45) is 5.11. The van der Waals surface area contributed by atoms with Gasteiger partial charge in [-0.2, -0.15) is 16.9 Å². The highest BCUT2D eigenvalue weighted by Gasteiger charge is 2.31. The average Bonchev–Trinajstić information content (AvgIpc) is 3.06. The molecule has 2 heterocycles. The molecule has 1 amide bonds. The molecule has 1 atom stereocenters. The summed E-state index contributed by atoms with van der Waals surface area (Å²) in [7, 11) is 0. The summed E-state index contributed by atoms with van der Waals surface area (Å²) >= 11 is 1.93. The first-order chi connectivity index (χ1) is 13.2. The SMILES string of the molecule is CCCn1nc(C(=O)N2CCSCC2)c2c1CCC(NCCCOCC)C2. The van der Waals surface area contributed by atoms with Crippen LogP contribution in [0.4, 0.5) is 0 Å². The number of carbonyl (C=O) groups excluding carboxylic acids is 1. The third kappa shape index (κ3) is 5.27. The Balaban J connectivity index is 1.69. The molecule has 1 aromatic heterocycles. The molecule has 27 heavy (non-hydrogen) atoms. The van der Waals surface area contributed by atoms with Crippen molar-refractivity contribution in [3.8, 4) is 0 Å². The number of ether oxygens (including phenoxy) is 1. The van der Waals surface area contributed by atoms with E-state index in [0.717, 1.165) is 83.0 Å². The van der Waals surface area contributed by atoms with Gasteiger partial charge in [-0.3, -0.25) is 9.48 Å². The molecule has 3 rings (SSSR count). The van der Waals surface area contributed by atoms with Crippen LogP contribution < -0.4 is 5.32 Å². The van der Waals surface area contributed by atoms with Gasteiger partial charge in [-0.25, -0.2) is 0 Å². The average molecular weight is 395 g/mol. The minimum atomic E-state index is 0.137. The number of thioether (sulfide) groups is 1. The van der Waals surface area contributed by atoms with E-state index in [0.29, 0.717) is 11.7 Å². The fourth-order valence-electron chi connectivity index (χ4n) is 3.97. The van der Waals surface area contributed by atoms with E-state index < -0.39 is 0 Å². The van der Waals surface area contributed by atoms with Crippen LogP contribution in [0, 0.1) is 0 Å². The van der Waals surface area contributed by atoms with Crippen LogP contribution in [0.25, 0.3) is 0 Å². The minimum Gasteiger partial charge on any atom is -0.382 e. The van der Waals surface area contributed by atoms with Crippen LogP contribution in [0.15, 0.2) is 0 Å². The van der Waals surface area contributed by atoms with Crippen molar-refractivity contribution in [1.82, 2.24) is 20.0 Å². The van der Waals surface area contributed by atoms with Gasteiger partial charge in [0.1, 0.15) is 0 Å². The maximum atomic E-state index is 13.1. The van der Waals surface area contributed by atoms with Crippen molar-refractivity contribution in [1.29, 1.82) is 0 Å². The highest BCUT2D eigenvalue weighted by molar-refractivity contribution is 7.99. The number of rotatable bonds is 9. The van der Waals surface area contributed by atoms with Crippen molar-refractivity contribution < 1.29 is 9.53 Å². The molecule has 1 saturated heterocycles. The van der Waals surface area contributed by atoms with Crippen LogP contribution in [-0.4, -0.2) is 71.0 Å². The Kier molecular flexibility index (Phi) is 8.03. The molecule has 1 N–H and O–H groups in total. The molecule has 0 radical (unpaired) electrons. The number of nitrogens with one attached hydrogen (secondary N) is 1. The topological polar surface area (TPSA) is 59.4 Å². The predicted octanol–water partition coefficient (Wildman–Crippen LogP) is 2.36. The van der Waals surface area contributed by atoms with Crippen molar-refractivity contribution >= 4 is 17.7 Å². The van der Waals surface area contributed by atoms with Gasteiger partial charge in [0.05, 0.1) is 0 Å². The van der Waals surface area contributed by atoms with Crippen molar-refractivity contribution in [2.45, 2.75) is 58.5 Å². The van der Waals surface area contributed by atoms with Crippen LogP contribution in [-0.2, 0) is 24.1 Å². The maximum Gasteiger partial charge on any atom is 0.274 e. The molecule has 1 aliphatic heterocycles. The normalized spacial score (nSPS) is 19.9. The van der Waals surface area contributed by atoms with Gasteiger partial charge in [-0.1, -0.05) is 6.92 Å². The number of hydrogen-bond acceptors (Lipinski definition) is 5. The van der Waals surface area contributed by atoms with Gasteiger partial charge in [0, 0.05) is 61.7 Å². The maximum absolute atomic E-state index is 13.1. The van der Waals surface area contributed by atoms with E-state index in [2.05, 4.69) is 16.9 Å². The highest BCUT2D eigenvalue weighted by Crippen LogP contribution is 2.27. The standard InChI is InChI=1S/C20H34N4O2S/c1-3-9-24-18-7-6-16(21-8-5-12-26-4-2)15-17(18)19(22-24)20(25)23-10-13-27-14-11-23/h16,21H,3-15H2,1-2H3. The van der Waals surface area contributed by atoms with E-state index in [9.17, 15) is 4.79 Å². The Morgan fingerprint density at radius 1 is 1.33 bits per heavy atom. The first kappa shape index (κ1) is 20.7. The lowest BCUT2D eigenvalue weighted by Gasteiger charge is -2.27. The van der Waals surface area contributed by atoms with Crippen molar-refractivity contribution in [3.63, 3.8) is 0 Å². The third-order valence-corrected chi connectivity index (χ3v) is 6.33. The first-order valence-electron chi connectivity index (χ1n) is 10.5. The van der Waals surface area contributed by atoms with Crippen molar-refractivity contribution in [3.05, 3.63) is 17.0 Å². The molecule has 6 nitrogen and oxygen atoms in total. The van der Waals surface area contributed by atoms with Gasteiger partial charge in [-0.15, -0.1) is 0 Å². The Morgan fingerprint density at radius 2 is 2.15 bits per heavy atom. The van der Waals surface area contributed by atoms with E-state index >= 15 is 0 Å².